The molecule has 1 heterocycles. The number of nitrogens with one attached hydrogen (secondary N) is 1. The van der Waals surface area contributed by atoms with Gasteiger partial charge in [0.2, 0.25) is 5.91 Å². The summed E-state index contributed by atoms with van der Waals surface area (Å²) in [5.41, 5.74) is 0.857. The van der Waals surface area contributed by atoms with Crippen molar-refractivity contribution >= 4 is 11.6 Å². The van der Waals surface area contributed by atoms with Crippen molar-refractivity contribution < 1.29 is 9.90 Å². The number of carbonyl (C=O) groups is 1. The average molecular weight is 275 g/mol. The van der Waals surface area contributed by atoms with E-state index in [0.717, 1.165) is 31.9 Å². The van der Waals surface area contributed by atoms with E-state index in [0.29, 0.717) is 18.3 Å². The molecule has 5 nitrogen and oxygen atoms in total. The first-order valence-corrected chi connectivity index (χ1v) is 7.28. The molecule has 1 aliphatic heterocycles. The molecule has 0 aromatic heterocycles. The first-order chi connectivity index (χ1) is 9.74. The van der Waals surface area contributed by atoms with Crippen molar-refractivity contribution in [2.75, 3.05) is 37.6 Å². The van der Waals surface area contributed by atoms with Crippen LogP contribution < -0.4 is 10.2 Å². The van der Waals surface area contributed by atoms with Gasteiger partial charge < -0.3 is 20.2 Å². The Morgan fingerprint density at radius 2 is 1.90 bits per heavy atom. The summed E-state index contributed by atoms with van der Waals surface area (Å²) in [6, 6.07) is 7.93. The summed E-state index contributed by atoms with van der Waals surface area (Å²) in [5.74, 6) is 0.497. The number of nitrogens with zero attached hydrogens (tertiary/aromatic N) is 2. The summed E-state index contributed by atoms with van der Waals surface area (Å²) in [7, 11) is 0. The van der Waals surface area contributed by atoms with E-state index in [1.807, 2.05) is 23.1 Å². The molecule has 0 bridgehead atoms. The SMILES string of the molecule is O=C(CNC1CC1)N1CCN(c2ccccc2O)CC1. The Balaban J connectivity index is 1.51. The molecule has 1 aromatic rings. The third kappa shape index (κ3) is 3.04. The predicted octanol–water partition coefficient (Wildman–Crippen LogP) is 0.793. The van der Waals surface area contributed by atoms with Gasteiger partial charge in [-0.15, -0.1) is 0 Å². The van der Waals surface area contributed by atoms with E-state index in [1.54, 1.807) is 6.07 Å². The Hall–Kier alpha value is -1.75. The van der Waals surface area contributed by atoms with Crippen LogP contribution in [-0.2, 0) is 4.79 Å². The van der Waals surface area contributed by atoms with E-state index >= 15 is 0 Å². The van der Waals surface area contributed by atoms with E-state index in [1.165, 1.54) is 12.8 Å². The summed E-state index contributed by atoms with van der Waals surface area (Å²) in [6.07, 6.45) is 2.41. The van der Waals surface area contributed by atoms with Crippen LogP contribution in [0, 0.1) is 0 Å². The first-order valence-electron chi connectivity index (χ1n) is 7.28. The molecule has 1 saturated heterocycles. The number of benzene rings is 1. The largest absolute Gasteiger partial charge is 0.506 e. The van der Waals surface area contributed by atoms with E-state index in [-0.39, 0.29) is 5.91 Å². The zero-order valence-electron chi connectivity index (χ0n) is 11.6. The molecular formula is C15H21N3O2. The molecular weight excluding hydrogens is 254 g/mol. The number of piperazine rings is 1. The van der Waals surface area contributed by atoms with Gasteiger partial charge in [0.15, 0.2) is 0 Å². The van der Waals surface area contributed by atoms with Crippen LogP contribution in [0.1, 0.15) is 12.8 Å². The summed E-state index contributed by atoms with van der Waals surface area (Å²) in [4.78, 5) is 16.1. The minimum Gasteiger partial charge on any atom is -0.506 e. The Kier molecular flexibility index (Phi) is 3.78. The number of rotatable bonds is 4. The highest BCUT2D eigenvalue weighted by atomic mass is 16.3. The number of hydrogen-bond acceptors (Lipinski definition) is 4. The van der Waals surface area contributed by atoms with Crippen LogP contribution >= 0.6 is 0 Å². The van der Waals surface area contributed by atoms with Gasteiger partial charge in [-0.05, 0) is 25.0 Å². The van der Waals surface area contributed by atoms with Crippen molar-refractivity contribution in [3.8, 4) is 5.75 Å². The smallest absolute Gasteiger partial charge is 0.236 e. The third-order valence-electron chi connectivity index (χ3n) is 3.97. The van der Waals surface area contributed by atoms with Crippen LogP contribution in [0.5, 0.6) is 5.75 Å². The second-order valence-corrected chi connectivity index (χ2v) is 5.51. The number of anilines is 1. The predicted molar refractivity (Wildman–Crippen MR) is 77.9 cm³/mol. The first kappa shape index (κ1) is 13.2. The molecule has 1 aromatic carbocycles. The highest BCUT2D eigenvalue weighted by Gasteiger charge is 2.25. The molecule has 0 atom stereocenters. The topological polar surface area (TPSA) is 55.8 Å². The fraction of sp³-hybridized carbons (Fsp3) is 0.533. The number of hydrogen-bond donors (Lipinski definition) is 2. The molecule has 1 aliphatic carbocycles. The van der Waals surface area contributed by atoms with Gasteiger partial charge in [0, 0.05) is 32.2 Å². The Labute approximate surface area is 119 Å². The monoisotopic (exact) mass is 275 g/mol. The van der Waals surface area contributed by atoms with E-state index in [4.69, 9.17) is 0 Å². The highest BCUT2D eigenvalue weighted by molar-refractivity contribution is 5.78. The Morgan fingerprint density at radius 1 is 1.20 bits per heavy atom. The lowest BCUT2D eigenvalue weighted by Crippen LogP contribution is -2.51. The van der Waals surface area contributed by atoms with Crippen LogP contribution in [0.25, 0.3) is 0 Å². The number of amides is 1. The minimum atomic E-state index is 0.189. The summed E-state index contributed by atoms with van der Waals surface area (Å²) < 4.78 is 0. The van der Waals surface area contributed by atoms with Gasteiger partial charge in [0.1, 0.15) is 5.75 Å². The lowest BCUT2D eigenvalue weighted by atomic mass is 10.2. The molecule has 20 heavy (non-hydrogen) atoms. The minimum absolute atomic E-state index is 0.189. The Morgan fingerprint density at radius 3 is 2.55 bits per heavy atom. The maximum absolute atomic E-state index is 12.0. The third-order valence-corrected chi connectivity index (χ3v) is 3.97. The van der Waals surface area contributed by atoms with E-state index in [9.17, 15) is 9.90 Å². The van der Waals surface area contributed by atoms with Gasteiger partial charge in [-0.3, -0.25) is 4.79 Å². The maximum Gasteiger partial charge on any atom is 0.236 e. The number of phenols is 1. The molecule has 2 fully saturated rings. The van der Waals surface area contributed by atoms with Gasteiger partial charge in [-0.1, -0.05) is 12.1 Å². The van der Waals surface area contributed by atoms with Gasteiger partial charge in [-0.2, -0.15) is 0 Å². The van der Waals surface area contributed by atoms with Crippen molar-refractivity contribution in [2.24, 2.45) is 0 Å². The molecule has 0 spiro atoms. The van der Waals surface area contributed by atoms with Crippen LogP contribution in [0.15, 0.2) is 24.3 Å². The molecule has 2 aliphatic rings. The molecule has 108 valence electrons. The van der Waals surface area contributed by atoms with Crippen molar-refractivity contribution in [1.82, 2.24) is 10.2 Å². The molecule has 0 unspecified atom stereocenters. The number of aromatic hydroxyl groups is 1. The fourth-order valence-electron chi connectivity index (χ4n) is 2.56. The van der Waals surface area contributed by atoms with Crippen LogP contribution in [-0.4, -0.2) is 54.7 Å². The Bertz CT molecular complexity index is 480. The number of para-hydroxylation sites is 2. The van der Waals surface area contributed by atoms with Gasteiger partial charge in [0.05, 0.1) is 12.2 Å². The van der Waals surface area contributed by atoms with E-state index < -0.39 is 0 Å². The molecule has 1 saturated carbocycles. The molecule has 1 amide bonds. The number of carbonyl (C=O) groups excluding carboxylic acids is 1. The van der Waals surface area contributed by atoms with E-state index in [2.05, 4.69) is 10.2 Å². The van der Waals surface area contributed by atoms with Crippen LogP contribution in [0.4, 0.5) is 5.69 Å². The normalized spacial score (nSPS) is 19.2. The highest BCUT2D eigenvalue weighted by Crippen LogP contribution is 2.27. The quantitative estimate of drug-likeness (QED) is 0.853. The van der Waals surface area contributed by atoms with Gasteiger partial charge in [0.25, 0.3) is 0 Å². The van der Waals surface area contributed by atoms with Crippen LogP contribution in [0.3, 0.4) is 0 Å². The molecule has 5 heteroatoms. The summed E-state index contributed by atoms with van der Waals surface area (Å²) >= 11 is 0. The lowest BCUT2D eigenvalue weighted by Gasteiger charge is -2.36. The lowest BCUT2D eigenvalue weighted by molar-refractivity contribution is -0.130. The van der Waals surface area contributed by atoms with Gasteiger partial charge in [-0.25, -0.2) is 0 Å². The maximum atomic E-state index is 12.0. The zero-order valence-corrected chi connectivity index (χ0v) is 11.6. The van der Waals surface area contributed by atoms with Crippen molar-refractivity contribution in [3.63, 3.8) is 0 Å². The standard InChI is InChI=1S/C15H21N3O2/c19-14-4-2-1-3-13(14)17-7-9-18(10-8-17)15(20)11-16-12-5-6-12/h1-4,12,16,19H,5-11H2. The van der Waals surface area contributed by atoms with Crippen LogP contribution in [0.2, 0.25) is 0 Å². The van der Waals surface area contributed by atoms with Crippen molar-refractivity contribution in [2.45, 2.75) is 18.9 Å². The van der Waals surface area contributed by atoms with Crippen molar-refractivity contribution in [3.05, 3.63) is 24.3 Å². The summed E-state index contributed by atoms with van der Waals surface area (Å²) in [5, 5.41) is 13.1. The zero-order chi connectivity index (χ0) is 13.9. The molecule has 2 N–H and O–H groups in total. The second-order valence-electron chi connectivity index (χ2n) is 5.51. The second kappa shape index (κ2) is 5.71. The van der Waals surface area contributed by atoms with Crippen molar-refractivity contribution in [1.29, 1.82) is 0 Å². The summed E-state index contributed by atoms with van der Waals surface area (Å²) in [6.45, 7) is 3.44. The molecule has 0 radical (unpaired) electrons. The molecule has 3 rings (SSSR count). The fourth-order valence-corrected chi connectivity index (χ4v) is 2.56. The average Bonchev–Trinajstić information content (AvgIpc) is 3.30. The number of phenolic OH excluding ortho intramolecular Hbond substituents is 1. The van der Waals surface area contributed by atoms with Gasteiger partial charge >= 0.3 is 0 Å².